The van der Waals surface area contributed by atoms with Crippen molar-refractivity contribution in [3.8, 4) is 11.1 Å². The fourth-order valence-corrected chi connectivity index (χ4v) is 3.71. The molecule has 3 heterocycles. The van der Waals surface area contributed by atoms with E-state index in [2.05, 4.69) is 5.10 Å². The number of benzene rings is 1. The van der Waals surface area contributed by atoms with Gasteiger partial charge in [-0.05, 0) is 11.6 Å². The number of nitrogens with two attached hydrogens (primary N) is 1. The molecule has 1 amide bonds. The Morgan fingerprint density at radius 3 is 2.92 bits per heavy atom. The van der Waals surface area contributed by atoms with E-state index in [-0.39, 0.29) is 12.5 Å². The molecule has 130 valence electrons. The molecule has 0 bridgehead atoms. The van der Waals surface area contributed by atoms with Gasteiger partial charge in [0.05, 0.1) is 17.8 Å². The Morgan fingerprint density at radius 1 is 1.44 bits per heavy atom. The molecule has 0 fully saturated rings. The van der Waals surface area contributed by atoms with E-state index in [1.54, 1.807) is 15.8 Å². The van der Waals surface area contributed by atoms with Crippen molar-refractivity contribution in [2.24, 2.45) is 12.8 Å². The van der Waals surface area contributed by atoms with Crippen molar-refractivity contribution in [2.75, 3.05) is 13.1 Å². The van der Waals surface area contributed by atoms with E-state index < -0.39 is 0 Å². The molecule has 0 radical (unpaired) electrons. The number of amides is 1. The number of carbonyl (C=O) groups excluding carboxylic acids is 1. The van der Waals surface area contributed by atoms with E-state index in [1.807, 2.05) is 19.3 Å². The first-order chi connectivity index (χ1) is 12.0. The van der Waals surface area contributed by atoms with Crippen LogP contribution < -0.4 is 5.73 Å². The fraction of sp³-hybridized carbons (Fsp3) is 0.294. The number of nitrogens with zero attached hydrogens (tertiary/aromatic N) is 3. The van der Waals surface area contributed by atoms with E-state index >= 15 is 0 Å². The summed E-state index contributed by atoms with van der Waals surface area (Å²) in [6.45, 7) is 1.02. The monoisotopic (exact) mass is 378 g/mol. The second kappa shape index (κ2) is 6.05. The first kappa shape index (κ1) is 16.4. The lowest BCUT2D eigenvalue weighted by molar-refractivity contribution is -0.130. The molecule has 1 aliphatic heterocycles. The molecule has 3 aromatic rings. The van der Waals surface area contributed by atoms with Crippen LogP contribution in [0.25, 0.3) is 22.1 Å². The van der Waals surface area contributed by atoms with Crippen LogP contribution in [0.1, 0.15) is 11.3 Å². The Morgan fingerprint density at radius 2 is 2.24 bits per heavy atom. The zero-order chi connectivity index (χ0) is 17.7. The summed E-state index contributed by atoms with van der Waals surface area (Å²) in [5, 5.41) is 5.92. The highest BCUT2D eigenvalue weighted by atomic mass is 35.5. The minimum atomic E-state index is -0.0806. The average molecular weight is 379 g/mol. The first-order valence-corrected chi connectivity index (χ1v) is 8.64. The smallest absolute Gasteiger partial charge is 0.236 e. The molecule has 25 heavy (non-hydrogen) atoms. The van der Waals surface area contributed by atoms with E-state index in [0.29, 0.717) is 35.1 Å². The van der Waals surface area contributed by atoms with Crippen LogP contribution in [0.4, 0.5) is 0 Å². The molecule has 1 aromatic carbocycles. The van der Waals surface area contributed by atoms with Crippen LogP contribution in [-0.4, -0.2) is 33.7 Å². The Bertz CT molecular complexity index is 992. The number of aromatic nitrogens is 2. The van der Waals surface area contributed by atoms with E-state index in [0.717, 1.165) is 27.8 Å². The van der Waals surface area contributed by atoms with Crippen LogP contribution in [-0.2, 0) is 24.8 Å². The summed E-state index contributed by atoms with van der Waals surface area (Å²) in [5.74, 6) is 0.758. The van der Waals surface area contributed by atoms with Gasteiger partial charge in [0.1, 0.15) is 10.8 Å². The number of aryl methyl sites for hydroxylation is 1. The minimum Gasteiger partial charge on any atom is -0.459 e. The molecule has 0 saturated heterocycles. The zero-order valence-electron chi connectivity index (χ0n) is 13.6. The minimum absolute atomic E-state index is 0.00678. The van der Waals surface area contributed by atoms with Gasteiger partial charge in [0.2, 0.25) is 5.91 Å². The normalized spacial score (nSPS) is 14.2. The standard InChI is InChI=1S/C17H16Cl2N4O2/c1-22-7-9(6-21-22)10-4-12(18)16(19)17-15(10)11-8-23(14(24)5-20)3-2-13(11)25-17/h4,6-7H,2-3,5,8,20H2,1H3. The summed E-state index contributed by atoms with van der Waals surface area (Å²) < 4.78 is 7.74. The van der Waals surface area contributed by atoms with Crippen LogP contribution in [0.5, 0.6) is 0 Å². The third-order valence-electron chi connectivity index (χ3n) is 4.54. The molecular formula is C17H16Cl2N4O2. The molecule has 1 aliphatic rings. The van der Waals surface area contributed by atoms with Crippen LogP contribution in [0, 0.1) is 0 Å². The van der Waals surface area contributed by atoms with Gasteiger partial charge in [0.15, 0.2) is 5.58 Å². The molecular weight excluding hydrogens is 363 g/mol. The Labute approximate surface area is 154 Å². The predicted molar refractivity (Wildman–Crippen MR) is 96.6 cm³/mol. The van der Waals surface area contributed by atoms with Crippen molar-refractivity contribution in [3.63, 3.8) is 0 Å². The van der Waals surface area contributed by atoms with Gasteiger partial charge in [0.25, 0.3) is 0 Å². The largest absolute Gasteiger partial charge is 0.459 e. The maximum absolute atomic E-state index is 12.0. The van der Waals surface area contributed by atoms with E-state index in [9.17, 15) is 4.79 Å². The van der Waals surface area contributed by atoms with Crippen molar-refractivity contribution in [3.05, 3.63) is 39.8 Å². The molecule has 8 heteroatoms. The summed E-state index contributed by atoms with van der Waals surface area (Å²) in [5.41, 5.74) is 8.84. The Hall–Kier alpha value is -2.02. The highest BCUT2D eigenvalue weighted by molar-refractivity contribution is 6.45. The Balaban J connectivity index is 1.96. The number of rotatable bonds is 2. The predicted octanol–water partition coefficient (Wildman–Crippen LogP) is 2.98. The van der Waals surface area contributed by atoms with E-state index in [1.165, 1.54) is 0 Å². The highest BCUT2D eigenvalue weighted by Crippen LogP contribution is 2.43. The number of hydrogen-bond acceptors (Lipinski definition) is 4. The molecule has 6 nitrogen and oxygen atoms in total. The molecule has 0 aliphatic carbocycles. The van der Waals surface area contributed by atoms with Crippen molar-refractivity contribution < 1.29 is 9.21 Å². The van der Waals surface area contributed by atoms with Crippen molar-refractivity contribution in [2.45, 2.75) is 13.0 Å². The third kappa shape index (κ3) is 2.61. The van der Waals surface area contributed by atoms with Gasteiger partial charge in [0, 0.05) is 49.3 Å². The third-order valence-corrected chi connectivity index (χ3v) is 5.31. The number of furan rings is 1. The molecule has 0 atom stereocenters. The lowest BCUT2D eigenvalue weighted by Crippen LogP contribution is -2.39. The topological polar surface area (TPSA) is 77.3 Å². The highest BCUT2D eigenvalue weighted by Gasteiger charge is 2.28. The van der Waals surface area contributed by atoms with Gasteiger partial charge in [-0.2, -0.15) is 5.10 Å². The average Bonchev–Trinajstić information content (AvgIpc) is 3.20. The van der Waals surface area contributed by atoms with Gasteiger partial charge in [-0.1, -0.05) is 23.2 Å². The fourth-order valence-electron chi connectivity index (χ4n) is 3.33. The lowest BCUT2D eigenvalue weighted by atomic mass is 9.98. The van der Waals surface area contributed by atoms with Crippen molar-refractivity contribution >= 4 is 40.1 Å². The van der Waals surface area contributed by atoms with Gasteiger partial charge >= 0.3 is 0 Å². The summed E-state index contributed by atoms with van der Waals surface area (Å²) in [6.07, 6.45) is 4.30. The summed E-state index contributed by atoms with van der Waals surface area (Å²) in [7, 11) is 1.85. The van der Waals surface area contributed by atoms with Gasteiger partial charge in [-0.15, -0.1) is 0 Å². The zero-order valence-corrected chi connectivity index (χ0v) is 15.1. The number of carbonyl (C=O) groups is 1. The SMILES string of the molecule is Cn1cc(-c2cc(Cl)c(Cl)c3oc4c(c23)CN(C(=O)CN)CC4)cn1. The van der Waals surface area contributed by atoms with Gasteiger partial charge in [-0.25, -0.2) is 0 Å². The van der Waals surface area contributed by atoms with Crippen molar-refractivity contribution in [1.29, 1.82) is 0 Å². The molecule has 0 unspecified atom stereocenters. The first-order valence-electron chi connectivity index (χ1n) is 7.88. The van der Waals surface area contributed by atoms with Crippen LogP contribution in [0.3, 0.4) is 0 Å². The maximum Gasteiger partial charge on any atom is 0.236 e. The lowest BCUT2D eigenvalue weighted by Gasteiger charge is -2.26. The van der Waals surface area contributed by atoms with Gasteiger partial charge in [-0.3, -0.25) is 9.48 Å². The molecule has 4 rings (SSSR count). The summed E-state index contributed by atoms with van der Waals surface area (Å²) >= 11 is 12.7. The molecule has 0 spiro atoms. The molecule has 0 saturated carbocycles. The van der Waals surface area contributed by atoms with E-state index in [4.69, 9.17) is 33.4 Å². The number of hydrogen-bond donors (Lipinski definition) is 1. The van der Waals surface area contributed by atoms with Crippen LogP contribution in [0.2, 0.25) is 10.0 Å². The number of fused-ring (bicyclic) bond motifs is 3. The summed E-state index contributed by atoms with van der Waals surface area (Å²) in [6, 6.07) is 1.82. The quantitative estimate of drug-likeness (QED) is 0.743. The molecule has 2 aromatic heterocycles. The second-order valence-electron chi connectivity index (χ2n) is 6.10. The second-order valence-corrected chi connectivity index (χ2v) is 6.89. The Kier molecular flexibility index (Phi) is 3.98. The van der Waals surface area contributed by atoms with Crippen LogP contribution >= 0.6 is 23.2 Å². The number of halogens is 2. The molecule has 2 N–H and O–H groups in total. The van der Waals surface area contributed by atoms with Crippen LogP contribution in [0.15, 0.2) is 22.9 Å². The van der Waals surface area contributed by atoms with Crippen molar-refractivity contribution in [1.82, 2.24) is 14.7 Å². The summed E-state index contributed by atoms with van der Waals surface area (Å²) in [4.78, 5) is 13.8. The maximum atomic E-state index is 12.0. The van der Waals surface area contributed by atoms with Gasteiger partial charge < -0.3 is 15.1 Å².